The predicted molar refractivity (Wildman–Crippen MR) is 187 cm³/mol. The van der Waals surface area contributed by atoms with Crippen molar-refractivity contribution in [2.24, 2.45) is 5.92 Å². The first-order valence-electron chi connectivity index (χ1n) is 15.7. The molecule has 8 nitrogen and oxygen atoms in total. The molecule has 47 heavy (non-hydrogen) atoms. The Morgan fingerprint density at radius 3 is 2.13 bits per heavy atom. The van der Waals surface area contributed by atoms with Gasteiger partial charge in [0.05, 0.1) is 17.2 Å². The number of halogens is 1. The number of aryl methyl sites for hydroxylation is 1. The third-order valence-corrected chi connectivity index (χ3v) is 9.73. The van der Waals surface area contributed by atoms with E-state index < -0.39 is 28.5 Å². The number of amides is 2. The molecule has 1 N–H and O–H groups in total. The fourth-order valence-electron chi connectivity index (χ4n) is 5.03. The zero-order valence-electron chi connectivity index (χ0n) is 27.2. The number of ether oxygens (including phenoxy) is 1. The van der Waals surface area contributed by atoms with Crippen molar-refractivity contribution in [1.82, 2.24) is 10.2 Å². The molecule has 0 aromatic heterocycles. The maximum atomic E-state index is 14.6. The first-order chi connectivity index (χ1) is 22.5. The van der Waals surface area contributed by atoms with Gasteiger partial charge in [0.15, 0.2) is 0 Å². The smallest absolute Gasteiger partial charge is 0.264 e. The van der Waals surface area contributed by atoms with Gasteiger partial charge in [0.2, 0.25) is 11.8 Å². The standard InChI is InChI=1S/C37H42ClN3O5S/c1-5-46-32-19-21-33(22-20-32)47(44,45)41(31-17-15-28(4)16-18-31)26-36(42)40(25-30-13-9-10-14-34(30)38)35(37(43)39-24-27(2)3)23-29-11-7-6-8-12-29/h6-22,27,35H,5,23-26H2,1-4H3,(H,39,43)/t35-/m0/s1. The third kappa shape index (κ3) is 9.59. The minimum Gasteiger partial charge on any atom is -0.494 e. The molecule has 0 unspecified atom stereocenters. The fourth-order valence-corrected chi connectivity index (χ4v) is 6.64. The lowest BCUT2D eigenvalue weighted by Crippen LogP contribution is -2.53. The van der Waals surface area contributed by atoms with Crippen molar-refractivity contribution in [3.05, 3.63) is 125 Å². The SMILES string of the molecule is CCOc1ccc(S(=O)(=O)N(CC(=O)N(Cc2ccccc2Cl)[C@@H](Cc2ccccc2)C(=O)NCC(C)C)c2ccc(C)cc2)cc1. The average molecular weight is 676 g/mol. The number of sulfonamides is 1. The summed E-state index contributed by atoms with van der Waals surface area (Å²) in [6.07, 6.45) is 0.219. The van der Waals surface area contributed by atoms with E-state index in [1.165, 1.54) is 17.0 Å². The molecule has 0 aliphatic rings. The molecule has 0 saturated carbocycles. The van der Waals surface area contributed by atoms with Crippen LogP contribution in [0.15, 0.2) is 108 Å². The second kappa shape index (κ2) is 16.5. The summed E-state index contributed by atoms with van der Waals surface area (Å²) >= 11 is 6.57. The maximum Gasteiger partial charge on any atom is 0.264 e. The molecular formula is C37H42ClN3O5S. The molecule has 0 aliphatic carbocycles. The second-order valence-electron chi connectivity index (χ2n) is 11.7. The Bertz CT molecular complexity index is 1730. The summed E-state index contributed by atoms with van der Waals surface area (Å²) in [6, 6.07) is 28.6. The molecule has 4 rings (SSSR count). The van der Waals surface area contributed by atoms with Gasteiger partial charge in [-0.2, -0.15) is 0 Å². The average Bonchev–Trinajstić information content (AvgIpc) is 3.06. The van der Waals surface area contributed by atoms with Gasteiger partial charge in [-0.1, -0.05) is 91.7 Å². The van der Waals surface area contributed by atoms with Crippen LogP contribution in [0.4, 0.5) is 5.69 Å². The Hall–Kier alpha value is -4.34. The van der Waals surface area contributed by atoms with Gasteiger partial charge in [0.1, 0.15) is 18.3 Å². The molecule has 248 valence electrons. The highest BCUT2D eigenvalue weighted by atomic mass is 35.5. The largest absolute Gasteiger partial charge is 0.494 e. The van der Waals surface area contributed by atoms with Gasteiger partial charge in [-0.3, -0.25) is 13.9 Å². The van der Waals surface area contributed by atoms with E-state index in [4.69, 9.17) is 16.3 Å². The minimum absolute atomic E-state index is 0.00231. The molecule has 1 atom stereocenters. The van der Waals surface area contributed by atoms with Crippen LogP contribution in [-0.4, -0.2) is 50.9 Å². The first kappa shape index (κ1) is 35.5. The highest BCUT2D eigenvalue weighted by Crippen LogP contribution is 2.27. The van der Waals surface area contributed by atoms with Crippen LogP contribution in [0.5, 0.6) is 5.75 Å². The van der Waals surface area contributed by atoms with Gasteiger partial charge in [0, 0.05) is 24.5 Å². The summed E-state index contributed by atoms with van der Waals surface area (Å²) < 4.78 is 35.1. The van der Waals surface area contributed by atoms with E-state index >= 15 is 0 Å². The Morgan fingerprint density at radius 1 is 0.872 bits per heavy atom. The van der Waals surface area contributed by atoms with Crippen LogP contribution in [-0.2, 0) is 32.6 Å². The van der Waals surface area contributed by atoms with E-state index in [0.29, 0.717) is 35.2 Å². The van der Waals surface area contributed by atoms with Crippen LogP contribution in [0, 0.1) is 12.8 Å². The van der Waals surface area contributed by atoms with Crippen LogP contribution in [0.1, 0.15) is 37.5 Å². The normalized spacial score (nSPS) is 12.0. The summed E-state index contributed by atoms with van der Waals surface area (Å²) in [4.78, 5) is 29.9. The molecule has 0 fully saturated rings. The van der Waals surface area contributed by atoms with Gasteiger partial charge in [-0.05, 0) is 73.4 Å². The molecule has 0 radical (unpaired) electrons. The lowest BCUT2D eigenvalue weighted by Gasteiger charge is -2.34. The Balaban J connectivity index is 1.79. The van der Waals surface area contributed by atoms with Crippen molar-refractivity contribution < 1.29 is 22.7 Å². The van der Waals surface area contributed by atoms with Gasteiger partial charge in [0.25, 0.3) is 10.0 Å². The number of anilines is 1. The fraction of sp³-hybridized carbons (Fsp3) is 0.297. The van der Waals surface area contributed by atoms with Crippen molar-refractivity contribution in [2.75, 3.05) is 24.0 Å². The third-order valence-electron chi connectivity index (χ3n) is 7.58. The zero-order chi connectivity index (χ0) is 34.0. The number of nitrogens with one attached hydrogen (secondary N) is 1. The molecule has 0 spiro atoms. The predicted octanol–water partition coefficient (Wildman–Crippen LogP) is 6.65. The lowest BCUT2D eigenvalue weighted by molar-refractivity contribution is -0.140. The summed E-state index contributed by atoms with van der Waals surface area (Å²) in [7, 11) is -4.23. The van der Waals surface area contributed by atoms with Crippen molar-refractivity contribution in [3.63, 3.8) is 0 Å². The number of carbonyl (C=O) groups excluding carboxylic acids is 2. The van der Waals surface area contributed by atoms with Crippen molar-refractivity contribution in [3.8, 4) is 5.75 Å². The van der Waals surface area contributed by atoms with Gasteiger partial charge >= 0.3 is 0 Å². The van der Waals surface area contributed by atoms with E-state index in [0.717, 1.165) is 15.4 Å². The van der Waals surface area contributed by atoms with E-state index in [1.807, 2.05) is 64.1 Å². The topological polar surface area (TPSA) is 96.0 Å². The van der Waals surface area contributed by atoms with Crippen molar-refractivity contribution in [1.29, 1.82) is 0 Å². The van der Waals surface area contributed by atoms with E-state index in [-0.39, 0.29) is 29.7 Å². The molecule has 2 amide bonds. The monoisotopic (exact) mass is 675 g/mol. The number of nitrogens with zero attached hydrogens (tertiary/aromatic N) is 2. The van der Waals surface area contributed by atoms with Crippen molar-refractivity contribution in [2.45, 2.75) is 51.6 Å². The molecule has 0 bridgehead atoms. The second-order valence-corrected chi connectivity index (χ2v) is 14.0. The van der Waals surface area contributed by atoms with Gasteiger partial charge in [-0.25, -0.2) is 8.42 Å². The van der Waals surface area contributed by atoms with Crippen LogP contribution >= 0.6 is 11.6 Å². The molecule has 0 heterocycles. The van der Waals surface area contributed by atoms with Crippen LogP contribution < -0.4 is 14.4 Å². The zero-order valence-corrected chi connectivity index (χ0v) is 28.8. The highest BCUT2D eigenvalue weighted by molar-refractivity contribution is 7.92. The molecule has 0 saturated heterocycles. The molecule has 4 aromatic rings. The van der Waals surface area contributed by atoms with Crippen LogP contribution in [0.25, 0.3) is 0 Å². The van der Waals surface area contributed by atoms with E-state index in [9.17, 15) is 18.0 Å². The number of hydrogen-bond acceptors (Lipinski definition) is 5. The van der Waals surface area contributed by atoms with E-state index in [1.54, 1.807) is 54.6 Å². The number of carbonyl (C=O) groups is 2. The van der Waals surface area contributed by atoms with Gasteiger partial charge < -0.3 is 15.0 Å². The quantitative estimate of drug-likeness (QED) is 0.152. The first-order valence-corrected chi connectivity index (χ1v) is 17.5. The van der Waals surface area contributed by atoms with Crippen LogP contribution in [0.3, 0.4) is 0 Å². The minimum atomic E-state index is -4.23. The van der Waals surface area contributed by atoms with E-state index in [2.05, 4.69) is 5.32 Å². The molecule has 10 heteroatoms. The number of rotatable bonds is 15. The van der Waals surface area contributed by atoms with Gasteiger partial charge in [-0.15, -0.1) is 0 Å². The maximum absolute atomic E-state index is 14.6. The summed E-state index contributed by atoms with van der Waals surface area (Å²) in [5.74, 6) is -0.174. The lowest BCUT2D eigenvalue weighted by atomic mass is 10.0. The summed E-state index contributed by atoms with van der Waals surface area (Å²) in [5, 5.41) is 3.43. The van der Waals surface area contributed by atoms with Crippen LogP contribution in [0.2, 0.25) is 5.02 Å². The Labute approximate surface area is 283 Å². The molecular weight excluding hydrogens is 634 g/mol. The number of hydrogen-bond donors (Lipinski definition) is 1. The molecule has 4 aromatic carbocycles. The molecule has 0 aliphatic heterocycles. The Morgan fingerprint density at radius 2 is 1.51 bits per heavy atom. The summed E-state index contributed by atoms with van der Waals surface area (Å²) in [5.41, 5.74) is 2.74. The van der Waals surface area contributed by atoms with Crippen molar-refractivity contribution >= 4 is 39.1 Å². The highest BCUT2D eigenvalue weighted by Gasteiger charge is 2.35. The summed E-state index contributed by atoms with van der Waals surface area (Å²) in [6.45, 7) is 8.02. The Kier molecular flexibility index (Phi) is 12.4. The number of benzene rings is 4.